The van der Waals surface area contributed by atoms with Gasteiger partial charge in [-0.1, -0.05) is 24.3 Å². The zero-order valence-electron chi connectivity index (χ0n) is 14.4. The van der Waals surface area contributed by atoms with E-state index in [2.05, 4.69) is 23.5 Å². The molecule has 1 nitrogen and oxygen atoms in total. The van der Waals surface area contributed by atoms with E-state index >= 15 is 0 Å². The Kier molecular flexibility index (Phi) is 5.55. The number of hydrogen-bond acceptors (Lipinski definition) is 1. The molecule has 0 heterocycles. The first-order valence-electron chi connectivity index (χ1n) is 9.12. The zero-order valence-corrected chi connectivity index (χ0v) is 14.4. The van der Waals surface area contributed by atoms with E-state index < -0.39 is 6.36 Å². The maximum Gasteiger partial charge on any atom is 0.573 e. The molecule has 1 atom stereocenters. The van der Waals surface area contributed by atoms with Crippen LogP contribution in [0.15, 0.2) is 43.0 Å². The average Bonchev–Trinajstić information content (AvgIpc) is 2.61. The predicted molar refractivity (Wildman–Crippen MR) is 96.2 cm³/mol. The van der Waals surface area contributed by atoms with Crippen molar-refractivity contribution in [3.05, 3.63) is 48.6 Å². The largest absolute Gasteiger partial charge is 0.573 e. The lowest BCUT2D eigenvalue weighted by molar-refractivity contribution is -0.274. The Morgan fingerprint density at radius 1 is 1.00 bits per heavy atom. The number of ether oxygens (including phenoxy) is 1. The third kappa shape index (κ3) is 4.90. The molecule has 1 saturated carbocycles. The molecule has 1 fully saturated rings. The minimum absolute atomic E-state index is 0. The smallest absolute Gasteiger partial charge is 0.406 e. The third-order valence-electron chi connectivity index (χ3n) is 5.73. The number of hydrogen-bond donors (Lipinski definition) is 0. The van der Waals surface area contributed by atoms with Crippen LogP contribution in [0.3, 0.4) is 0 Å². The second kappa shape index (κ2) is 7.67. The molecule has 1 unspecified atom stereocenters. The van der Waals surface area contributed by atoms with Crippen molar-refractivity contribution >= 4 is 5.57 Å². The third-order valence-corrected chi connectivity index (χ3v) is 5.73. The molecule has 4 heteroatoms. The molecule has 25 heavy (non-hydrogen) atoms. The van der Waals surface area contributed by atoms with Crippen LogP contribution < -0.4 is 4.74 Å². The van der Waals surface area contributed by atoms with Crippen LogP contribution in [-0.4, -0.2) is 6.36 Å². The standard InChI is InChI=1S/C21H25F3O.H2/c1-2-15-3-5-16(6-4-15)17-7-9-18(10-8-17)19-11-13-20(14-12-19)25-21(22,23)24;/h2,9,11-17H,1,3-8,10H2;1H. The molecule has 0 bridgehead atoms. The van der Waals surface area contributed by atoms with Gasteiger partial charge >= 0.3 is 6.36 Å². The molecule has 2 aliphatic carbocycles. The van der Waals surface area contributed by atoms with Gasteiger partial charge in [0, 0.05) is 1.43 Å². The minimum Gasteiger partial charge on any atom is -0.406 e. The van der Waals surface area contributed by atoms with E-state index in [0.29, 0.717) is 5.92 Å². The Hall–Kier alpha value is -1.71. The van der Waals surface area contributed by atoms with E-state index in [1.807, 2.05) is 0 Å². The lowest BCUT2D eigenvalue weighted by Crippen LogP contribution is -2.22. The van der Waals surface area contributed by atoms with Crippen molar-refractivity contribution in [2.75, 3.05) is 0 Å². The Morgan fingerprint density at radius 2 is 1.68 bits per heavy atom. The molecule has 0 aromatic heterocycles. The number of rotatable bonds is 4. The van der Waals surface area contributed by atoms with Gasteiger partial charge in [-0.05, 0) is 86.0 Å². The lowest BCUT2D eigenvalue weighted by Gasteiger charge is -2.34. The highest BCUT2D eigenvalue weighted by molar-refractivity contribution is 5.66. The van der Waals surface area contributed by atoms with E-state index in [-0.39, 0.29) is 7.18 Å². The van der Waals surface area contributed by atoms with E-state index in [1.54, 1.807) is 12.1 Å². The second-order valence-corrected chi connectivity index (χ2v) is 7.25. The van der Waals surface area contributed by atoms with E-state index in [9.17, 15) is 13.2 Å². The Balaban J connectivity index is 0.00000243. The predicted octanol–water partition coefficient (Wildman–Crippen LogP) is 7.01. The highest BCUT2D eigenvalue weighted by Gasteiger charge is 2.31. The summed E-state index contributed by atoms with van der Waals surface area (Å²) in [6.07, 6.45) is 8.14. The highest BCUT2D eigenvalue weighted by atomic mass is 19.4. The molecule has 0 aliphatic heterocycles. The summed E-state index contributed by atoms with van der Waals surface area (Å²) < 4.78 is 40.6. The Bertz CT molecular complexity index is 613. The fourth-order valence-electron chi connectivity index (χ4n) is 4.27. The highest BCUT2D eigenvalue weighted by Crippen LogP contribution is 2.41. The summed E-state index contributed by atoms with van der Waals surface area (Å²) in [5.41, 5.74) is 2.25. The van der Waals surface area contributed by atoms with E-state index in [0.717, 1.165) is 30.2 Å². The van der Waals surface area contributed by atoms with Gasteiger partial charge in [0.15, 0.2) is 0 Å². The molecule has 3 rings (SSSR count). The number of halogens is 3. The van der Waals surface area contributed by atoms with Gasteiger partial charge in [-0.25, -0.2) is 0 Å². The number of alkyl halides is 3. The summed E-state index contributed by atoms with van der Waals surface area (Å²) in [5, 5.41) is 0. The molecule has 138 valence electrons. The zero-order chi connectivity index (χ0) is 17.9. The summed E-state index contributed by atoms with van der Waals surface area (Å²) in [7, 11) is 0. The van der Waals surface area contributed by atoms with Crippen LogP contribution in [0.1, 0.15) is 51.9 Å². The van der Waals surface area contributed by atoms with Crippen molar-refractivity contribution in [1.82, 2.24) is 0 Å². The molecule has 1 aromatic rings. The average molecular weight is 352 g/mol. The SMILES string of the molecule is C=CC1CCC(C2CC=C(c3ccc(OC(F)(F)F)cc3)CC2)CC1.[HH]. The van der Waals surface area contributed by atoms with Crippen molar-refractivity contribution in [3.8, 4) is 5.75 Å². The first-order valence-corrected chi connectivity index (χ1v) is 9.12. The van der Waals surface area contributed by atoms with Gasteiger partial charge < -0.3 is 4.74 Å². The molecule has 1 aromatic carbocycles. The van der Waals surface area contributed by atoms with Gasteiger partial charge in [0.2, 0.25) is 0 Å². The maximum absolute atomic E-state index is 12.2. The van der Waals surface area contributed by atoms with Crippen molar-refractivity contribution in [3.63, 3.8) is 0 Å². The molecule has 0 spiro atoms. The van der Waals surface area contributed by atoms with Gasteiger partial charge in [-0.15, -0.1) is 19.8 Å². The van der Waals surface area contributed by atoms with Gasteiger partial charge in [0.05, 0.1) is 0 Å². The topological polar surface area (TPSA) is 9.23 Å². The number of benzene rings is 1. The molecular weight excluding hydrogens is 325 g/mol. The second-order valence-electron chi connectivity index (χ2n) is 7.25. The molecular formula is C21H27F3O. The molecule has 0 saturated heterocycles. The number of allylic oxidation sites excluding steroid dienone is 3. The van der Waals surface area contributed by atoms with Crippen LogP contribution in [0.5, 0.6) is 5.75 Å². The van der Waals surface area contributed by atoms with Gasteiger partial charge in [0.25, 0.3) is 0 Å². The summed E-state index contributed by atoms with van der Waals surface area (Å²) in [6, 6.07) is 6.24. The fraction of sp³-hybridized carbons (Fsp3) is 0.524. The normalized spacial score (nSPS) is 27.5. The summed E-state index contributed by atoms with van der Waals surface area (Å²) >= 11 is 0. The minimum atomic E-state index is -4.64. The monoisotopic (exact) mass is 352 g/mol. The van der Waals surface area contributed by atoms with Crippen molar-refractivity contribution in [2.24, 2.45) is 17.8 Å². The first-order chi connectivity index (χ1) is 11.9. The van der Waals surface area contributed by atoms with E-state index in [4.69, 9.17) is 0 Å². The van der Waals surface area contributed by atoms with Crippen LogP contribution >= 0.6 is 0 Å². The van der Waals surface area contributed by atoms with Crippen molar-refractivity contribution < 1.29 is 19.3 Å². The van der Waals surface area contributed by atoms with Crippen LogP contribution in [0.25, 0.3) is 5.57 Å². The summed E-state index contributed by atoms with van der Waals surface area (Å²) in [5.74, 6) is 2.10. The quantitative estimate of drug-likeness (QED) is 0.530. The molecule has 0 radical (unpaired) electrons. The van der Waals surface area contributed by atoms with Gasteiger partial charge in [-0.3, -0.25) is 0 Å². The molecule has 2 aliphatic rings. The van der Waals surface area contributed by atoms with Crippen LogP contribution in [0.4, 0.5) is 13.2 Å². The Labute approximate surface area is 149 Å². The fourth-order valence-corrected chi connectivity index (χ4v) is 4.27. The Morgan fingerprint density at radius 3 is 2.20 bits per heavy atom. The first kappa shape index (κ1) is 18.1. The molecule has 0 amide bonds. The van der Waals surface area contributed by atoms with Gasteiger partial charge in [-0.2, -0.15) is 0 Å². The van der Waals surface area contributed by atoms with Crippen molar-refractivity contribution in [2.45, 2.75) is 51.3 Å². The van der Waals surface area contributed by atoms with Crippen molar-refractivity contribution in [1.29, 1.82) is 0 Å². The van der Waals surface area contributed by atoms with E-state index in [1.165, 1.54) is 49.8 Å². The van der Waals surface area contributed by atoms with Crippen LogP contribution in [0.2, 0.25) is 0 Å². The van der Waals surface area contributed by atoms with Crippen LogP contribution in [-0.2, 0) is 0 Å². The van der Waals surface area contributed by atoms with Crippen LogP contribution in [0, 0.1) is 17.8 Å². The maximum atomic E-state index is 12.2. The lowest BCUT2D eigenvalue weighted by atomic mass is 9.71. The summed E-state index contributed by atoms with van der Waals surface area (Å²) in [6.45, 7) is 3.91. The molecule has 0 N–H and O–H groups in total. The summed E-state index contributed by atoms with van der Waals surface area (Å²) in [4.78, 5) is 0. The van der Waals surface area contributed by atoms with Gasteiger partial charge in [0.1, 0.15) is 5.75 Å².